The van der Waals surface area contributed by atoms with Crippen molar-refractivity contribution in [3.05, 3.63) is 40.4 Å². The van der Waals surface area contributed by atoms with Gasteiger partial charge in [0.2, 0.25) is 0 Å². The van der Waals surface area contributed by atoms with Crippen molar-refractivity contribution in [1.82, 2.24) is 14.8 Å². The van der Waals surface area contributed by atoms with Gasteiger partial charge in [-0.25, -0.2) is 0 Å². The molecule has 1 heterocycles. The van der Waals surface area contributed by atoms with E-state index in [1.54, 1.807) is 12.1 Å². The summed E-state index contributed by atoms with van der Waals surface area (Å²) in [6.07, 6.45) is 1.68. The molecule has 0 saturated carbocycles. The lowest BCUT2D eigenvalue weighted by Crippen LogP contribution is -2.04. The Labute approximate surface area is 105 Å². The number of aromatic amines is 1. The molecule has 1 aromatic carbocycles. The van der Waals surface area contributed by atoms with E-state index in [0.29, 0.717) is 11.2 Å². The van der Waals surface area contributed by atoms with E-state index in [-0.39, 0.29) is 5.75 Å². The van der Waals surface area contributed by atoms with Crippen LogP contribution in [0.5, 0.6) is 5.75 Å². The summed E-state index contributed by atoms with van der Waals surface area (Å²) in [5.74, 6) is 1.18. The minimum absolute atomic E-state index is 0.277. The summed E-state index contributed by atoms with van der Waals surface area (Å²) in [5, 5.41) is 16.4. The first-order valence-corrected chi connectivity index (χ1v) is 6.03. The molecule has 4 nitrogen and oxygen atoms in total. The summed E-state index contributed by atoms with van der Waals surface area (Å²) in [5.41, 5.74) is 1.02. The molecule has 2 aromatic rings. The summed E-state index contributed by atoms with van der Waals surface area (Å²) in [4.78, 5) is 0. The minimum Gasteiger partial charge on any atom is -0.508 e. The zero-order valence-electron chi connectivity index (χ0n) is 9.68. The van der Waals surface area contributed by atoms with E-state index in [1.165, 1.54) is 0 Å². The van der Waals surface area contributed by atoms with Gasteiger partial charge >= 0.3 is 0 Å². The number of phenolic OH excluding ortho intramolecular Hbond substituents is 1. The third kappa shape index (κ3) is 2.74. The number of nitrogens with zero attached hydrogens (tertiary/aromatic N) is 2. The Bertz CT molecular complexity index is 559. The average Bonchev–Trinajstić information content (AvgIpc) is 2.62. The van der Waals surface area contributed by atoms with Gasteiger partial charge in [-0.3, -0.25) is 5.10 Å². The molecule has 0 saturated heterocycles. The second-order valence-corrected chi connectivity index (χ2v) is 4.33. The van der Waals surface area contributed by atoms with E-state index in [2.05, 4.69) is 17.1 Å². The Hall–Kier alpha value is -1.62. The summed E-state index contributed by atoms with van der Waals surface area (Å²) < 4.78 is 2.65. The Kier molecular flexibility index (Phi) is 3.58. The van der Waals surface area contributed by atoms with E-state index in [0.717, 1.165) is 24.4 Å². The first kappa shape index (κ1) is 11.9. The lowest BCUT2D eigenvalue weighted by Gasteiger charge is -2.05. The molecule has 2 rings (SSSR count). The van der Waals surface area contributed by atoms with Gasteiger partial charge in [0.1, 0.15) is 11.6 Å². The van der Waals surface area contributed by atoms with Crippen LogP contribution in [-0.2, 0) is 13.0 Å². The predicted molar refractivity (Wildman–Crippen MR) is 68.6 cm³/mol. The molecule has 0 unspecified atom stereocenters. The first-order chi connectivity index (χ1) is 8.20. The molecule has 2 N–H and O–H groups in total. The zero-order chi connectivity index (χ0) is 12.3. The SMILES string of the molecule is CCCn1c(Cc2cccc(O)c2)n[nH]c1=S. The second-order valence-electron chi connectivity index (χ2n) is 3.94. The molecule has 0 spiro atoms. The maximum atomic E-state index is 9.41. The van der Waals surface area contributed by atoms with E-state index in [1.807, 2.05) is 16.7 Å². The van der Waals surface area contributed by atoms with Crippen molar-refractivity contribution in [1.29, 1.82) is 0 Å². The summed E-state index contributed by atoms with van der Waals surface area (Å²) >= 11 is 5.18. The smallest absolute Gasteiger partial charge is 0.195 e. The van der Waals surface area contributed by atoms with Crippen molar-refractivity contribution in [3.8, 4) is 5.75 Å². The number of rotatable bonds is 4. The van der Waals surface area contributed by atoms with Crippen molar-refractivity contribution in [2.45, 2.75) is 26.3 Å². The van der Waals surface area contributed by atoms with Crippen LogP contribution in [-0.4, -0.2) is 19.9 Å². The van der Waals surface area contributed by atoms with Crippen molar-refractivity contribution in [2.75, 3.05) is 0 Å². The molecule has 0 amide bonds. The van der Waals surface area contributed by atoms with Crippen molar-refractivity contribution >= 4 is 12.2 Å². The van der Waals surface area contributed by atoms with E-state index >= 15 is 0 Å². The fraction of sp³-hybridized carbons (Fsp3) is 0.333. The number of aromatic nitrogens is 3. The Morgan fingerprint density at radius 3 is 3.00 bits per heavy atom. The van der Waals surface area contributed by atoms with Gasteiger partial charge in [-0.1, -0.05) is 19.1 Å². The number of phenols is 1. The van der Waals surface area contributed by atoms with Crippen molar-refractivity contribution in [3.63, 3.8) is 0 Å². The average molecular weight is 249 g/mol. The van der Waals surface area contributed by atoms with Crippen LogP contribution in [0.3, 0.4) is 0 Å². The highest BCUT2D eigenvalue weighted by atomic mass is 32.1. The summed E-state index contributed by atoms with van der Waals surface area (Å²) in [6, 6.07) is 7.20. The zero-order valence-corrected chi connectivity index (χ0v) is 10.5. The van der Waals surface area contributed by atoms with Crippen LogP contribution in [0.25, 0.3) is 0 Å². The van der Waals surface area contributed by atoms with Crippen LogP contribution in [0.4, 0.5) is 0 Å². The maximum Gasteiger partial charge on any atom is 0.195 e. The summed E-state index contributed by atoms with van der Waals surface area (Å²) in [7, 11) is 0. The number of benzene rings is 1. The Morgan fingerprint density at radius 1 is 1.47 bits per heavy atom. The van der Waals surface area contributed by atoms with Crippen LogP contribution >= 0.6 is 12.2 Å². The number of hydrogen-bond donors (Lipinski definition) is 2. The number of hydrogen-bond acceptors (Lipinski definition) is 3. The predicted octanol–water partition coefficient (Wildman–Crippen LogP) is 2.65. The first-order valence-electron chi connectivity index (χ1n) is 5.62. The quantitative estimate of drug-likeness (QED) is 0.819. The molecule has 0 atom stereocenters. The lowest BCUT2D eigenvalue weighted by atomic mass is 10.1. The standard InChI is InChI=1S/C12H15N3OS/c1-2-6-15-11(13-14-12(15)17)8-9-4-3-5-10(16)7-9/h3-5,7,16H,2,6,8H2,1H3,(H,14,17). The van der Waals surface area contributed by atoms with Crippen LogP contribution in [0.2, 0.25) is 0 Å². The molecule has 0 radical (unpaired) electrons. The van der Waals surface area contributed by atoms with Gasteiger partial charge < -0.3 is 9.67 Å². The topological polar surface area (TPSA) is 53.8 Å². The third-order valence-corrected chi connectivity index (χ3v) is 2.87. The van der Waals surface area contributed by atoms with Crippen LogP contribution in [0.1, 0.15) is 24.7 Å². The highest BCUT2D eigenvalue weighted by molar-refractivity contribution is 7.71. The molecule has 5 heteroatoms. The molecule has 0 fully saturated rings. The van der Waals surface area contributed by atoms with E-state index < -0.39 is 0 Å². The number of aromatic hydroxyl groups is 1. The Balaban J connectivity index is 2.27. The highest BCUT2D eigenvalue weighted by Gasteiger charge is 2.06. The van der Waals surface area contributed by atoms with Gasteiger partial charge in [-0.2, -0.15) is 5.10 Å². The van der Waals surface area contributed by atoms with Crippen LogP contribution in [0, 0.1) is 4.77 Å². The van der Waals surface area contributed by atoms with E-state index in [4.69, 9.17) is 12.2 Å². The Morgan fingerprint density at radius 2 is 2.29 bits per heavy atom. The maximum absolute atomic E-state index is 9.41. The van der Waals surface area contributed by atoms with Gasteiger partial charge in [-0.05, 0) is 36.3 Å². The van der Waals surface area contributed by atoms with Crippen molar-refractivity contribution < 1.29 is 5.11 Å². The molecule has 0 aliphatic heterocycles. The van der Waals surface area contributed by atoms with Crippen molar-refractivity contribution in [2.24, 2.45) is 0 Å². The van der Waals surface area contributed by atoms with Gasteiger partial charge in [0.15, 0.2) is 4.77 Å². The highest BCUT2D eigenvalue weighted by Crippen LogP contribution is 2.14. The monoisotopic (exact) mass is 249 g/mol. The molecule has 1 aromatic heterocycles. The molecular weight excluding hydrogens is 234 g/mol. The molecule has 0 aliphatic rings. The third-order valence-electron chi connectivity index (χ3n) is 2.56. The molecule has 90 valence electrons. The van der Waals surface area contributed by atoms with Crippen LogP contribution in [0.15, 0.2) is 24.3 Å². The molecule has 17 heavy (non-hydrogen) atoms. The normalized spacial score (nSPS) is 10.6. The molecular formula is C12H15N3OS. The lowest BCUT2D eigenvalue weighted by molar-refractivity contribution is 0.474. The minimum atomic E-state index is 0.277. The number of H-pyrrole nitrogens is 1. The fourth-order valence-corrected chi connectivity index (χ4v) is 2.03. The second kappa shape index (κ2) is 5.14. The summed E-state index contributed by atoms with van der Waals surface area (Å²) in [6.45, 7) is 2.97. The van der Waals surface area contributed by atoms with Gasteiger partial charge in [0.05, 0.1) is 0 Å². The van der Waals surface area contributed by atoms with Gasteiger partial charge in [0, 0.05) is 13.0 Å². The fourth-order valence-electron chi connectivity index (χ4n) is 1.79. The van der Waals surface area contributed by atoms with E-state index in [9.17, 15) is 5.11 Å². The molecule has 0 bridgehead atoms. The van der Waals surface area contributed by atoms with Crippen LogP contribution < -0.4 is 0 Å². The van der Waals surface area contributed by atoms with Gasteiger partial charge in [-0.15, -0.1) is 0 Å². The van der Waals surface area contributed by atoms with Gasteiger partial charge in [0.25, 0.3) is 0 Å². The number of nitrogens with one attached hydrogen (secondary N) is 1. The molecule has 0 aliphatic carbocycles. The largest absolute Gasteiger partial charge is 0.508 e.